The number of aromatic nitrogens is 4. The topological polar surface area (TPSA) is 67.2 Å². The van der Waals surface area contributed by atoms with Crippen molar-refractivity contribution in [3.8, 4) is 5.69 Å². The first-order valence-corrected chi connectivity index (χ1v) is 8.08. The second-order valence-electron chi connectivity index (χ2n) is 5.77. The maximum atomic E-state index is 12.5. The SMILES string of the molecule is CCN1CCCN(C(=O)Cc2ccc(-n3cnnn3)cc2)CC1. The number of carbonyl (C=O) groups is 1. The highest BCUT2D eigenvalue weighted by Crippen LogP contribution is 2.11. The van der Waals surface area contributed by atoms with Crippen LogP contribution in [0.15, 0.2) is 30.6 Å². The van der Waals surface area contributed by atoms with E-state index in [2.05, 4.69) is 27.3 Å². The summed E-state index contributed by atoms with van der Waals surface area (Å²) in [5.74, 6) is 0.207. The highest BCUT2D eigenvalue weighted by Gasteiger charge is 2.18. The number of rotatable bonds is 4. The van der Waals surface area contributed by atoms with E-state index in [-0.39, 0.29) is 5.91 Å². The lowest BCUT2D eigenvalue weighted by atomic mass is 10.1. The van der Waals surface area contributed by atoms with Gasteiger partial charge in [0, 0.05) is 19.6 Å². The van der Waals surface area contributed by atoms with Crippen LogP contribution in [0.3, 0.4) is 0 Å². The summed E-state index contributed by atoms with van der Waals surface area (Å²) in [6.07, 6.45) is 3.05. The smallest absolute Gasteiger partial charge is 0.227 e. The van der Waals surface area contributed by atoms with Crippen molar-refractivity contribution in [3.63, 3.8) is 0 Å². The lowest BCUT2D eigenvalue weighted by Crippen LogP contribution is -2.36. The van der Waals surface area contributed by atoms with Crippen LogP contribution in [0, 0.1) is 0 Å². The third-order valence-corrected chi connectivity index (χ3v) is 4.29. The van der Waals surface area contributed by atoms with E-state index in [1.54, 1.807) is 11.0 Å². The molecule has 1 amide bonds. The van der Waals surface area contributed by atoms with Crippen molar-refractivity contribution in [2.75, 3.05) is 32.7 Å². The molecule has 0 saturated carbocycles. The summed E-state index contributed by atoms with van der Waals surface area (Å²) in [5, 5.41) is 11.1. The number of amides is 1. The van der Waals surface area contributed by atoms with Crippen molar-refractivity contribution in [1.29, 1.82) is 0 Å². The summed E-state index contributed by atoms with van der Waals surface area (Å²) in [6.45, 7) is 6.97. The molecule has 0 spiro atoms. The van der Waals surface area contributed by atoms with Crippen molar-refractivity contribution in [2.45, 2.75) is 19.8 Å². The van der Waals surface area contributed by atoms with E-state index in [9.17, 15) is 4.79 Å². The standard InChI is InChI=1S/C16H22N6O/c1-2-20-8-3-9-21(11-10-20)16(23)12-14-4-6-15(7-5-14)22-13-17-18-19-22/h4-7,13H,2-3,8-12H2,1H3. The molecular formula is C16H22N6O. The maximum Gasteiger partial charge on any atom is 0.227 e. The molecule has 1 aliphatic rings. The van der Waals surface area contributed by atoms with Gasteiger partial charge in [-0.25, -0.2) is 4.68 Å². The molecule has 7 nitrogen and oxygen atoms in total. The fraction of sp³-hybridized carbons (Fsp3) is 0.500. The molecule has 2 heterocycles. The van der Waals surface area contributed by atoms with Crippen molar-refractivity contribution < 1.29 is 4.79 Å². The molecule has 1 saturated heterocycles. The van der Waals surface area contributed by atoms with Gasteiger partial charge in [0.15, 0.2) is 0 Å². The molecule has 1 aromatic carbocycles. The van der Waals surface area contributed by atoms with Gasteiger partial charge in [-0.2, -0.15) is 0 Å². The number of tetrazole rings is 1. The summed E-state index contributed by atoms with van der Waals surface area (Å²) in [6, 6.07) is 7.79. The van der Waals surface area contributed by atoms with Crippen molar-refractivity contribution in [2.24, 2.45) is 0 Å². The minimum absolute atomic E-state index is 0.207. The van der Waals surface area contributed by atoms with Crippen molar-refractivity contribution >= 4 is 5.91 Å². The monoisotopic (exact) mass is 314 g/mol. The zero-order valence-corrected chi connectivity index (χ0v) is 13.4. The number of hydrogen-bond acceptors (Lipinski definition) is 5. The van der Waals surface area contributed by atoms with Crippen LogP contribution in [0.4, 0.5) is 0 Å². The Morgan fingerprint density at radius 1 is 1.13 bits per heavy atom. The Balaban J connectivity index is 1.59. The largest absolute Gasteiger partial charge is 0.341 e. The quantitative estimate of drug-likeness (QED) is 0.833. The third-order valence-electron chi connectivity index (χ3n) is 4.29. The molecule has 23 heavy (non-hydrogen) atoms. The van der Waals surface area contributed by atoms with E-state index in [0.29, 0.717) is 6.42 Å². The maximum absolute atomic E-state index is 12.5. The summed E-state index contributed by atoms with van der Waals surface area (Å²) in [5.41, 5.74) is 1.91. The highest BCUT2D eigenvalue weighted by atomic mass is 16.2. The molecule has 3 rings (SSSR count). The van der Waals surface area contributed by atoms with E-state index < -0.39 is 0 Å². The molecule has 122 valence electrons. The molecule has 0 radical (unpaired) electrons. The Bertz CT molecular complexity index is 625. The van der Waals surface area contributed by atoms with Gasteiger partial charge >= 0.3 is 0 Å². The van der Waals surface area contributed by atoms with E-state index >= 15 is 0 Å². The molecule has 0 bridgehead atoms. The summed E-state index contributed by atoms with van der Waals surface area (Å²) < 4.78 is 1.60. The van der Waals surface area contributed by atoms with Gasteiger partial charge < -0.3 is 9.80 Å². The lowest BCUT2D eigenvalue weighted by molar-refractivity contribution is -0.130. The molecule has 1 fully saturated rings. The predicted molar refractivity (Wildman–Crippen MR) is 86.2 cm³/mol. The summed E-state index contributed by atoms with van der Waals surface area (Å²) in [4.78, 5) is 16.9. The van der Waals surface area contributed by atoms with E-state index in [1.165, 1.54) is 0 Å². The van der Waals surface area contributed by atoms with Crippen LogP contribution in [-0.4, -0.2) is 68.6 Å². The average Bonchev–Trinajstić information content (AvgIpc) is 3.00. The number of nitrogens with zero attached hydrogens (tertiary/aromatic N) is 6. The van der Waals surface area contributed by atoms with Crippen LogP contribution in [0.2, 0.25) is 0 Å². The average molecular weight is 314 g/mol. The molecule has 7 heteroatoms. The van der Waals surface area contributed by atoms with Gasteiger partial charge in [0.1, 0.15) is 6.33 Å². The minimum Gasteiger partial charge on any atom is -0.341 e. The van der Waals surface area contributed by atoms with Crippen molar-refractivity contribution in [3.05, 3.63) is 36.2 Å². The number of benzene rings is 1. The first-order valence-electron chi connectivity index (χ1n) is 8.08. The fourth-order valence-electron chi connectivity index (χ4n) is 2.87. The Morgan fingerprint density at radius 3 is 2.65 bits per heavy atom. The summed E-state index contributed by atoms with van der Waals surface area (Å²) in [7, 11) is 0. The second-order valence-corrected chi connectivity index (χ2v) is 5.77. The number of likely N-dealkylation sites (N-methyl/N-ethyl adjacent to an activating group) is 1. The molecule has 1 aromatic heterocycles. The van der Waals surface area contributed by atoms with Crippen LogP contribution >= 0.6 is 0 Å². The van der Waals surface area contributed by atoms with E-state index in [0.717, 1.165) is 50.4 Å². The predicted octanol–water partition coefficient (Wildman–Crippen LogP) is 0.759. The van der Waals surface area contributed by atoms with Gasteiger partial charge in [-0.3, -0.25) is 4.79 Å². The van der Waals surface area contributed by atoms with Gasteiger partial charge in [-0.1, -0.05) is 19.1 Å². The minimum atomic E-state index is 0.207. The molecule has 0 N–H and O–H groups in total. The van der Waals surface area contributed by atoms with Crippen LogP contribution in [-0.2, 0) is 11.2 Å². The molecule has 1 aliphatic heterocycles. The Labute approximate surface area is 135 Å². The zero-order chi connectivity index (χ0) is 16.1. The number of hydrogen-bond donors (Lipinski definition) is 0. The van der Waals surface area contributed by atoms with Gasteiger partial charge in [-0.05, 0) is 47.6 Å². The highest BCUT2D eigenvalue weighted by molar-refractivity contribution is 5.78. The van der Waals surface area contributed by atoms with Gasteiger partial charge in [0.05, 0.1) is 12.1 Å². The first kappa shape index (κ1) is 15.6. The van der Waals surface area contributed by atoms with Gasteiger partial charge in [0.25, 0.3) is 0 Å². The number of carbonyl (C=O) groups excluding carboxylic acids is 1. The third kappa shape index (κ3) is 3.92. The molecule has 2 aromatic rings. The zero-order valence-electron chi connectivity index (χ0n) is 13.4. The first-order chi connectivity index (χ1) is 11.3. The van der Waals surface area contributed by atoms with E-state index in [1.807, 2.05) is 29.2 Å². The van der Waals surface area contributed by atoms with Crippen LogP contribution < -0.4 is 0 Å². The summed E-state index contributed by atoms with van der Waals surface area (Å²) >= 11 is 0. The van der Waals surface area contributed by atoms with E-state index in [4.69, 9.17) is 0 Å². The van der Waals surface area contributed by atoms with Crippen LogP contribution in [0.25, 0.3) is 5.69 Å². The second kappa shape index (κ2) is 7.32. The van der Waals surface area contributed by atoms with Crippen LogP contribution in [0.5, 0.6) is 0 Å². The molecule has 0 aliphatic carbocycles. The van der Waals surface area contributed by atoms with Crippen molar-refractivity contribution in [1.82, 2.24) is 30.0 Å². The Hall–Kier alpha value is -2.28. The van der Waals surface area contributed by atoms with Gasteiger partial charge in [-0.15, -0.1) is 5.10 Å². The van der Waals surface area contributed by atoms with Crippen LogP contribution in [0.1, 0.15) is 18.9 Å². The molecule has 0 atom stereocenters. The Kier molecular flexibility index (Phi) is 4.97. The fourth-order valence-corrected chi connectivity index (χ4v) is 2.87. The normalized spacial score (nSPS) is 16.3. The molecule has 0 unspecified atom stereocenters. The molecular weight excluding hydrogens is 292 g/mol. The van der Waals surface area contributed by atoms with Gasteiger partial charge in [0.2, 0.25) is 5.91 Å². The Morgan fingerprint density at radius 2 is 1.96 bits per heavy atom. The lowest BCUT2D eigenvalue weighted by Gasteiger charge is -2.21.